The van der Waals surface area contributed by atoms with Crippen molar-refractivity contribution in [3.05, 3.63) is 33.7 Å². The number of hydrogen-bond acceptors (Lipinski definition) is 1. The maximum absolute atomic E-state index is 6.05. The van der Waals surface area contributed by atoms with Crippen LogP contribution in [0, 0.1) is 0 Å². The number of alkyl halides is 1. The van der Waals surface area contributed by atoms with Crippen LogP contribution in [-0.2, 0) is 11.8 Å². The smallest absolute Gasteiger partial charge is 0.0423 e. The molecule has 0 fully saturated rings. The van der Waals surface area contributed by atoms with Gasteiger partial charge in [0, 0.05) is 19.9 Å². The van der Waals surface area contributed by atoms with Gasteiger partial charge in [-0.25, -0.2) is 0 Å². The Bertz CT molecular complexity index is 462. The first kappa shape index (κ1) is 10.5. The molecule has 0 nitrogen and oxygen atoms in total. The third-order valence-electron chi connectivity index (χ3n) is 2.25. The lowest BCUT2D eigenvalue weighted by atomic mass is 10.1. The molecule has 0 saturated carbocycles. The first-order valence-corrected chi connectivity index (χ1v) is 6.83. The van der Waals surface area contributed by atoms with E-state index in [1.54, 1.807) is 0 Å². The molecule has 3 heteroatoms. The molecule has 0 unspecified atom stereocenters. The lowest BCUT2D eigenvalue weighted by Crippen LogP contribution is -1.80. The fraction of sp³-hybridized carbons (Fsp3) is 0.273. The summed E-state index contributed by atoms with van der Waals surface area (Å²) in [5, 5.41) is 3.13. The maximum atomic E-state index is 6.05. The molecule has 2 aromatic rings. The van der Waals surface area contributed by atoms with Crippen LogP contribution >= 0.6 is 38.9 Å². The van der Waals surface area contributed by atoms with Crippen molar-refractivity contribution in [2.24, 2.45) is 0 Å². The second-order valence-corrected chi connectivity index (χ2v) is 5.34. The zero-order valence-corrected chi connectivity index (χ0v) is 11.0. The highest BCUT2D eigenvalue weighted by atomic mass is 79.9. The van der Waals surface area contributed by atoms with Crippen LogP contribution in [0.5, 0.6) is 0 Å². The van der Waals surface area contributed by atoms with Gasteiger partial charge in [-0.2, -0.15) is 0 Å². The van der Waals surface area contributed by atoms with Crippen LogP contribution in [0.25, 0.3) is 10.1 Å². The summed E-state index contributed by atoms with van der Waals surface area (Å²) >= 11 is 11.3. The van der Waals surface area contributed by atoms with Gasteiger partial charge in [-0.3, -0.25) is 0 Å². The summed E-state index contributed by atoms with van der Waals surface area (Å²) in [6.07, 6.45) is 1.04. The van der Waals surface area contributed by atoms with E-state index in [2.05, 4.69) is 35.0 Å². The molecule has 0 radical (unpaired) electrons. The summed E-state index contributed by atoms with van der Waals surface area (Å²) in [5.74, 6) is 0. The van der Waals surface area contributed by atoms with Crippen molar-refractivity contribution in [1.82, 2.24) is 0 Å². The van der Waals surface area contributed by atoms with Crippen molar-refractivity contribution >= 4 is 49.0 Å². The molecule has 0 amide bonds. The lowest BCUT2D eigenvalue weighted by molar-refractivity contribution is 1.16. The van der Waals surface area contributed by atoms with Gasteiger partial charge in [0.25, 0.3) is 0 Å². The van der Waals surface area contributed by atoms with Crippen LogP contribution in [-0.4, -0.2) is 0 Å². The zero-order valence-electron chi connectivity index (χ0n) is 7.81. The Morgan fingerprint density at radius 2 is 2.14 bits per heavy atom. The van der Waals surface area contributed by atoms with E-state index in [0.717, 1.165) is 16.8 Å². The van der Waals surface area contributed by atoms with Gasteiger partial charge in [0.05, 0.1) is 0 Å². The molecular formula is C11H10BrClS. The summed E-state index contributed by atoms with van der Waals surface area (Å²) < 4.78 is 1.30. The molecule has 74 valence electrons. The first-order chi connectivity index (χ1) is 6.74. The number of rotatable bonds is 2. The number of benzene rings is 1. The van der Waals surface area contributed by atoms with Gasteiger partial charge in [-0.05, 0) is 35.6 Å². The molecule has 0 aliphatic heterocycles. The van der Waals surface area contributed by atoms with E-state index in [0.29, 0.717) is 0 Å². The molecule has 0 saturated heterocycles. The Hall–Kier alpha value is -0.0500. The highest BCUT2D eigenvalue weighted by Gasteiger charge is 2.06. The largest absolute Gasteiger partial charge is 0.139 e. The van der Waals surface area contributed by atoms with E-state index in [1.807, 2.05) is 17.4 Å². The van der Waals surface area contributed by atoms with Crippen molar-refractivity contribution in [2.45, 2.75) is 18.7 Å². The van der Waals surface area contributed by atoms with Crippen molar-refractivity contribution in [1.29, 1.82) is 0 Å². The predicted octanol–water partition coefficient (Wildman–Crippen LogP) is 5.01. The second-order valence-electron chi connectivity index (χ2n) is 3.18. The SMILES string of the molecule is CCc1cc(Cl)cc2sc(CBr)cc12. The summed E-state index contributed by atoms with van der Waals surface area (Å²) in [6.45, 7) is 2.16. The maximum Gasteiger partial charge on any atom is 0.0423 e. The van der Waals surface area contributed by atoms with Crippen LogP contribution in [0.3, 0.4) is 0 Å². The summed E-state index contributed by atoms with van der Waals surface area (Å²) in [4.78, 5) is 1.36. The average molecular weight is 290 g/mol. The molecule has 0 atom stereocenters. The van der Waals surface area contributed by atoms with E-state index in [1.165, 1.54) is 20.5 Å². The van der Waals surface area contributed by atoms with E-state index >= 15 is 0 Å². The minimum absolute atomic E-state index is 0.845. The normalized spacial score (nSPS) is 11.1. The average Bonchev–Trinajstić information content (AvgIpc) is 2.59. The number of aryl methyl sites for hydroxylation is 1. The fourth-order valence-corrected chi connectivity index (χ4v) is 3.40. The fourth-order valence-electron chi connectivity index (χ4n) is 1.59. The zero-order chi connectivity index (χ0) is 10.1. The van der Waals surface area contributed by atoms with E-state index in [9.17, 15) is 0 Å². The monoisotopic (exact) mass is 288 g/mol. The number of hydrogen-bond donors (Lipinski definition) is 0. The lowest BCUT2D eigenvalue weighted by Gasteiger charge is -1.99. The number of fused-ring (bicyclic) bond motifs is 1. The molecule has 2 rings (SSSR count). The standard InChI is InChI=1S/C11H10BrClS/c1-2-7-3-8(13)4-11-10(7)5-9(6-12)14-11/h3-5H,2,6H2,1H3. The van der Waals surface area contributed by atoms with Crippen LogP contribution in [0.1, 0.15) is 17.4 Å². The third-order valence-corrected chi connectivity index (χ3v) is 4.53. The van der Waals surface area contributed by atoms with Crippen molar-refractivity contribution in [3.8, 4) is 0 Å². The molecule has 1 heterocycles. The molecule has 0 bridgehead atoms. The van der Waals surface area contributed by atoms with Crippen LogP contribution in [0.15, 0.2) is 18.2 Å². The molecule has 0 aliphatic carbocycles. The molecule has 14 heavy (non-hydrogen) atoms. The summed E-state index contributed by atoms with van der Waals surface area (Å²) in [7, 11) is 0. The van der Waals surface area contributed by atoms with Gasteiger partial charge in [0.2, 0.25) is 0 Å². The van der Waals surface area contributed by atoms with Gasteiger partial charge in [0.1, 0.15) is 0 Å². The van der Waals surface area contributed by atoms with Crippen molar-refractivity contribution < 1.29 is 0 Å². The van der Waals surface area contributed by atoms with Crippen LogP contribution in [0.2, 0.25) is 5.02 Å². The number of thiophene rings is 1. The highest BCUT2D eigenvalue weighted by molar-refractivity contribution is 9.08. The Kier molecular flexibility index (Phi) is 3.15. The first-order valence-electron chi connectivity index (χ1n) is 4.51. The molecule has 1 aromatic carbocycles. The third kappa shape index (κ3) is 1.83. The van der Waals surface area contributed by atoms with Gasteiger partial charge in [0.15, 0.2) is 0 Å². The Morgan fingerprint density at radius 3 is 2.79 bits per heavy atom. The Balaban J connectivity index is 2.71. The van der Waals surface area contributed by atoms with Gasteiger partial charge in [-0.15, -0.1) is 11.3 Å². The Labute approximate surface area is 101 Å². The number of halogens is 2. The molecular weight excluding hydrogens is 280 g/mol. The van der Waals surface area contributed by atoms with E-state index < -0.39 is 0 Å². The van der Waals surface area contributed by atoms with Crippen molar-refractivity contribution in [2.75, 3.05) is 0 Å². The van der Waals surface area contributed by atoms with Crippen LogP contribution < -0.4 is 0 Å². The minimum Gasteiger partial charge on any atom is -0.139 e. The summed E-state index contributed by atoms with van der Waals surface area (Å²) in [5.41, 5.74) is 1.34. The van der Waals surface area contributed by atoms with E-state index in [-0.39, 0.29) is 0 Å². The predicted molar refractivity (Wildman–Crippen MR) is 68.8 cm³/mol. The molecule has 0 N–H and O–H groups in total. The van der Waals surface area contributed by atoms with Gasteiger partial charge >= 0.3 is 0 Å². The van der Waals surface area contributed by atoms with Crippen molar-refractivity contribution in [3.63, 3.8) is 0 Å². The molecule has 0 aliphatic rings. The molecule has 0 spiro atoms. The minimum atomic E-state index is 0.845. The topological polar surface area (TPSA) is 0 Å². The van der Waals surface area contributed by atoms with Gasteiger partial charge < -0.3 is 0 Å². The van der Waals surface area contributed by atoms with Gasteiger partial charge in [-0.1, -0.05) is 34.5 Å². The molecule has 1 aromatic heterocycles. The Morgan fingerprint density at radius 1 is 1.36 bits per heavy atom. The summed E-state index contributed by atoms with van der Waals surface area (Å²) in [6, 6.07) is 6.37. The highest BCUT2D eigenvalue weighted by Crippen LogP contribution is 2.32. The van der Waals surface area contributed by atoms with Crippen LogP contribution in [0.4, 0.5) is 0 Å². The van der Waals surface area contributed by atoms with E-state index in [4.69, 9.17) is 11.6 Å². The second kappa shape index (κ2) is 4.21. The quantitative estimate of drug-likeness (QED) is 0.682.